The van der Waals surface area contributed by atoms with Gasteiger partial charge < -0.3 is 10.2 Å². The van der Waals surface area contributed by atoms with E-state index in [1.165, 1.54) is 0 Å². The maximum Gasteiger partial charge on any atom is 0.228 e. The molecule has 7 heteroatoms. The third-order valence-corrected chi connectivity index (χ3v) is 7.30. The summed E-state index contributed by atoms with van der Waals surface area (Å²) in [6, 6.07) is 13.6. The van der Waals surface area contributed by atoms with E-state index in [4.69, 9.17) is 0 Å². The Morgan fingerprint density at radius 2 is 1.93 bits per heavy atom. The smallest absolute Gasteiger partial charge is 0.228 e. The number of likely N-dealkylation sites (tertiary alicyclic amines) is 1. The third-order valence-electron chi connectivity index (χ3n) is 6.43. The molecule has 3 heterocycles. The summed E-state index contributed by atoms with van der Waals surface area (Å²) in [6.45, 7) is 1.51. The number of thiophene rings is 1. The lowest BCUT2D eigenvalue weighted by atomic mass is 9.90. The van der Waals surface area contributed by atoms with Gasteiger partial charge in [0.25, 0.3) is 0 Å². The average Bonchev–Trinajstić information content (AvgIpc) is 3.16. The molecule has 1 N–H and O–H groups in total. The van der Waals surface area contributed by atoms with Gasteiger partial charge in [-0.25, -0.2) is 4.68 Å². The molecule has 6 nitrogen and oxygen atoms in total. The minimum absolute atomic E-state index is 0.0536. The van der Waals surface area contributed by atoms with Crippen LogP contribution in [0.3, 0.4) is 0 Å². The van der Waals surface area contributed by atoms with Crippen molar-refractivity contribution in [3.8, 4) is 5.69 Å². The molecule has 2 aromatic heterocycles. The second-order valence-electron chi connectivity index (χ2n) is 8.24. The quantitative estimate of drug-likeness (QED) is 0.684. The molecular formula is C23H24N4O2S. The van der Waals surface area contributed by atoms with Gasteiger partial charge in [-0.3, -0.25) is 9.59 Å². The minimum Gasteiger partial charge on any atom is -0.342 e. The van der Waals surface area contributed by atoms with Crippen molar-refractivity contribution in [3.05, 3.63) is 65.1 Å². The van der Waals surface area contributed by atoms with Gasteiger partial charge in [0, 0.05) is 42.0 Å². The van der Waals surface area contributed by atoms with Crippen LogP contribution in [0.2, 0.25) is 0 Å². The van der Waals surface area contributed by atoms with Crippen LogP contribution in [0.5, 0.6) is 0 Å². The van der Waals surface area contributed by atoms with Crippen LogP contribution in [0.15, 0.2) is 60.2 Å². The van der Waals surface area contributed by atoms with Gasteiger partial charge in [0.05, 0.1) is 12.1 Å². The van der Waals surface area contributed by atoms with Gasteiger partial charge >= 0.3 is 0 Å². The molecule has 0 bridgehead atoms. The van der Waals surface area contributed by atoms with Gasteiger partial charge in [-0.05, 0) is 66.5 Å². The number of anilines is 1. The Hall–Kier alpha value is -2.93. The van der Waals surface area contributed by atoms with E-state index < -0.39 is 0 Å². The predicted molar refractivity (Wildman–Crippen MR) is 117 cm³/mol. The van der Waals surface area contributed by atoms with Crippen molar-refractivity contribution in [3.63, 3.8) is 0 Å². The number of benzene rings is 1. The number of aromatic nitrogens is 2. The summed E-state index contributed by atoms with van der Waals surface area (Å²) >= 11 is 1.63. The van der Waals surface area contributed by atoms with Gasteiger partial charge in [0.15, 0.2) is 0 Å². The molecule has 1 spiro atoms. The summed E-state index contributed by atoms with van der Waals surface area (Å²) in [5.41, 5.74) is 1.85. The van der Waals surface area contributed by atoms with Crippen LogP contribution in [0.4, 0.5) is 5.69 Å². The summed E-state index contributed by atoms with van der Waals surface area (Å²) in [6.07, 6.45) is 6.88. The van der Waals surface area contributed by atoms with Crippen LogP contribution in [0, 0.1) is 11.3 Å². The number of nitrogens with one attached hydrogen (secondary N) is 1. The highest BCUT2D eigenvalue weighted by Crippen LogP contribution is 2.59. The minimum atomic E-state index is 0.0536. The Morgan fingerprint density at radius 1 is 1.13 bits per heavy atom. The summed E-state index contributed by atoms with van der Waals surface area (Å²) in [5, 5.41) is 9.28. The predicted octanol–water partition coefficient (Wildman–Crippen LogP) is 3.74. The number of hydrogen-bond donors (Lipinski definition) is 1. The van der Waals surface area contributed by atoms with Crippen LogP contribution < -0.4 is 5.32 Å². The van der Waals surface area contributed by atoms with Crippen molar-refractivity contribution in [2.45, 2.75) is 25.7 Å². The van der Waals surface area contributed by atoms with Crippen molar-refractivity contribution in [1.82, 2.24) is 14.7 Å². The molecule has 30 heavy (non-hydrogen) atoms. The lowest BCUT2D eigenvalue weighted by molar-refractivity contribution is -0.132. The summed E-state index contributed by atoms with van der Waals surface area (Å²) < 4.78 is 1.79. The molecule has 1 atom stereocenters. The first-order valence-electron chi connectivity index (χ1n) is 10.3. The van der Waals surface area contributed by atoms with Gasteiger partial charge in [-0.2, -0.15) is 5.10 Å². The van der Waals surface area contributed by atoms with Crippen molar-refractivity contribution < 1.29 is 9.59 Å². The largest absolute Gasteiger partial charge is 0.342 e. The second-order valence-corrected chi connectivity index (χ2v) is 9.28. The molecule has 3 aromatic rings. The first-order chi connectivity index (χ1) is 14.6. The molecule has 1 aromatic carbocycles. The van der Waals surface area contributed by atoms with Crippen molar-refractivity contribution >= 4 is 28.8 Å². The summed E-state index contributed by atoms with van der Waals surface area (Å²) in [5.74, 6) is 0.351. The number of nitrogens with zero attached hydrogens (tertiary/aromatic N) is 3. The maximum atomic E-state index is 12.8. The Balaban J connectivity index is 1.13. The van der Waals surface area contributed by atoms with E-state index >= 15 is 0 Å². The van der Waals surface area contributed by atoms with E-state index in [0.29, 0.717) is 6.42 Å². The molecule has 1 aliphatic carbocycles. The highest BCUT2D eigenvalue weighted by atomic mass is 32.1. The van der Waals surface area contributed by atoms with E-state index in [0.717, 1.165) is 48.6 Å². The first kappa shape index (κ1) is 19.1. The SMILES string of the molecule is O=C(Nc1ccc(-n2cccn2)cc1)C1CC12CCN(C(=O)Cc1cccs1)CC2. The molecule has 2 aliphatic rings. The average molecular weight is 421 g/mol. The van der Waals surface area contributed by atoms with Crippen LogP contribution >= 0.6 is 11.3 Å². The monoisotopic (exact) mass is 420 g/mol. The first-order valence-corrected chi connectivity index (χ1v) is 11.2. The van der Waals surface area contributed by atoms with Crippen LogP contribution in [0.25, 0.3) is 5.69 Å². The summed E-state index contributed by atoms with van der Waals surface area (Å²) in [4.78, 5) is 28.4. The highest BCUT2D eigenvalue weighted by Gasteiger charge is 2.58. The highest BCUT2D eigenvalue weighted by molar-refractivity contribution is 7.10. The zero-order chi connectivity index (χ0) is 20.6. The van der Waals surface area contributed by atoms with Gasteiger partial charge in [-0.15, -0.1) is 11.3 Å². The molecule has 1 saturated heterocycles. The Kier molecular flexibility index (Phi) is 4.90. The van der Waals surface area contributed by atoms with Gasteiger partial charge in [0.1, 0.15) is 0 Å². The van der Waals surface area contributed by atoms with Crippen molar-refractivity contribution in [2.24, 2.45) is 11.3 Å². The topological polar surface area (TPSA) is 67.2 Å². The van der Waals surface area contributed by atoms with Crippen molar-refractivity contribution in [1.29, 1.82) is 0 Å². The molecule has 5 rings (SSSR count). The standard InChI is InChI=1S/C23H24N4O2S/c28-21(15-19-3-1-14-30-19)26-12-8-23(9-13-26)16-20(23)22(29)25-17-4-6-18(7-5-17)27-11-2-10-24-27/h1-7,10-11,14,20H,8-9,12-13,15-16H2,(H,25,29). The zero-order valence-electron chi connectivity index (χ0n) is 16.7. The number of carbonyl (C=O) groups excluding carboxylic acids is 2. The van der Waals surface area contributed by atoms with Crippen molar-refractivity contribution in [2.75, 3.05) is 18.4 Å². The Bertz CT molecular complexity index is 1020. The van der Waals surface area contributed by atoms with E-state index in [2.05, 4.69) is 10.4 Å². The lowest BCUT2D eigenvalue weighted by Crippen LogP contribution is -2.40. The number of amides is 2. The van der Waals surface area contributed by atoms with Gasteiger partial charge in [0.2, 0.25) is 11.8 Å². The third kappa shape index (κ3) is 3.77. The van der Waals surface area contributed by atoms with Crippen LogP contribution in [-0.2, 0) is 16.0 Å². The number of hydrogen-bond acceptors (Lipinski definition) is 4. The fourth-order valence-corrected chi connectivity index (χ4v) is 5.19. The Morgan fingerprint density at radius 3 is 2.60 bits per heavy atom. The van der Waals surface area contributed by atoms with E-state index in [1.54, 1.807) is 22.2 Å². The maximum absolute atomic E-state index is 12.8. The number of carbonyl (C=O) groups is 2. The molecule has 2 fully saturated rings. The van der Waals surface area contributed by atoms with E-state index in [-0.39, 0.29) is 23.1 Å². The van der Waals surface area contributed by atoms with Crippen LogP contribution in [-0.4, -0.2) is 39.6 Å². The second kappa shape index (κ2) is 7.72. The summed E-state index contributed by atoms with van der Waals surface area (Å²) in [7, 11) is 0. The lowest BCUT2D eigenvalue weighted by Gasteiger charge is -2.33. The molecule has 1 saturated carbocycles. The molecule has 154 valence electrons. The molecular weight excluding hydrogens is 396 g/mol. The normalized spacial score (nSPS) is 19.6. The van der Waals surface area contributed by atoms with E-state index in [9.17, 15) is 9.59 Å². The number of piperidine rings is 1. The molecule has 0 radical (unpaired) electrons. The van der Waals surface area contributed by atoms with E-state index in [1.807, 2.05) is 58.9 Å². The molecule has 1 aliphatic heterocycles. The molecule has 1 unspecified atom stereocenters. The Labute approximate surface area is 179 Å². The fourth-order valence-electron chi connectivity index (χ4n) is 4.49. The fraction of sp³-hybridized carbons (Fsp3) is 0.348. The zero-order valence-corrected chi connectivity index (χ0v) is 17.5. The van der Waals surface area contributed by atoms with Gasteiger partial charge in [-0.1, -0.05) is 6.07 Å². The molecule has 2 amide bonds. The van der Waals surface area contributed by atoms with Crippen LogP contribution in [0.1, 0.15) is 24.1 Å². The number of rotatable bonds is 5.